The Bertz CT molecular complexity index is 2850. The Kier molecular flexibility index (Phi) is 6.37. The van der Waals surface area contributed by atoms with Crippen molar-refractivity contribution in [3.8, 4) is 78.1 Å². The monoisotopic (exact) mass is 673 g/mol. The second-order valence-electron chi connectivity index (χ2n) is 15.0. The zero-order valence-corrected chi connectivity index (χ0v) is 29.7. The first-order chi connectivity index (χ1) is 26.1. The van der Waals surface area contributed by atoms with Crippen LogP contribution in [0.25, 0.3) is 99.7 Å². The van der Waals surface area contributed by atoms with Crippen LogP contribution in [0, 0.1) is 0 Å². The highest BCUT2D eigenvalue weighted by Crippen LogP contribution is 2.59. The summed E-state index contributed by atoms with van der Waals surface area (Å²) in [7, 11) is 0. The number of pyridine rings is 1. The highest BCUT2D eigenvalue weighted by Gasteiger charge is 2.40. The molecule has 2 aliphatic rings. The zero-order valence-electron chi connectivity index (χ0n) is 29.7. The highest BCUT2D eigenvalue weighted by molar-refractivity contribution is 6.29. The predicted octanol–water partition coefficient (Wildman–Crippen LogP) is 14.0. The van der Waals surface area contributed by atoms with Gasteiger partial charge < -0.3 is 0 Å². The number of aromatic nitrogens is 1. The molecule has 9 aromatic rings. The number of benzene rings is 8. The molecule has 1 heterocycles. The molecule has 1 aromatic heterocycles. The smallest absolute Gasteiger partial charge is 0.0759 e. The number of nitrogens with zero attached hydrogens (tertiary/aromatic N) is 1. The summed E-state index contributed by atoms with van der Waals surface area (Å²) in [6.45, 7) is 4.73. The van der Waals surface area contributed by atoms with Crippen molar-refractivity contribution in [2.75, 3.05) is 0 Å². The molecule has 53 heavy (non-hydrogen) atoms. The number of rotatable bonds is 4. The van der Waals surface area contributed by atoms with Gasteiger partial charge in [-0.15, -0.1) is 0 Å². The Morgan fingerprint density at radius 3 is 1.51 bits per heavy atom. The van der Waals surface area contributed by atoms with E-state index in [-0.39, 0.29) is 5.41 Å². The molecule has 0 spiro atoms. The minimum atomic E-state index is -0.214. The van der Waals surface area contributed by atoms with Gasteiger partial charge in [-0.05, 0) is 94.4 Å². The van der Waals surface area contributed by atoms with Crippen LogP contribution in [-0.4, -0.2) is 4.98 Å². The van der Waals surface area contributed by atoms with Gasteiger partial charge in [0.25, 0.3) is 0 Å². The highest BCUT2D eigenvalue weighted by atomic mass is 14.7. The Morgan fingerprint density at radius 1 is 0.377 bits per heavy atom. The van der Waals surface area contributed by atoms with Crippen LogP contribution in [0.15, 0.2) is 176 Å². The maximum atomic E-state index is 5.43. The molecule has 0 amide bonds. The summed E-state index contributed by atoms with van der Waals surface area (Å²) >= 11 is 0. The summed E-state index contributed by atoms with van der Waals surface area (Å²) in [5, 5.41) is 5.16. The molecule has 0 unspecified atom stereocenters. The Morgan fingerprint density at radius 2 is 0.868 bits per heavy atom. The molecule has 0 N–H and O–H groups in total. The van der Waals surface area contributed by atoms with E-state index in [1.165, 1.54) is 93.9 Å². The van der Waals surface area contributed by atoms with Crippen LogP contribution in [0.4, 0.5) is 0 Å². The van der Waals surface area contributed by atoms with Crippen LogP contribution in [0.3, 0.4) is 0 Å². The molecular weight excluding hydrogens is 639 g/mol. The molecule has 0 saturated carbocycles. The van der Waals surface area contributed by atoms with Crippen LogP contribution in [0.2, 0.25) is 0 Å². The van der Waals surface area contributed by atoms with E-state index in [2.05, 4.69) is 190 Å². The lowest BCUT2D eigenvalue weighted by Gasteiger charge is -2.25. The lowest BCUT2D eigenvalue weighted by molar-refractivity contribution is 0.661. The fourth-order valence-corrected chi connectivity index (χ4v) is 9.56. The molecule has 1 heteroatoms. The van der Waals surface area contributed by atoms with Crippen LogP contribution < -0.4 is 0 Å². The first-order valence-electron chi connectivity index (χ1n) is 18.6. The summed E-state index contributed by atoms with van der Waals surface area (Å²) in [5.41, 5.74) is 19.7. The first-order valence-corrected chi connectivity index (χ1v) is 18.6. The Labute approximate surface area is 309 Å². The van der Waals surface area contributed by atoms with Crippen molar-refractivity contribution >= 4 is 21.5 Å². The van der Waals surface area contributed by atoms with Crippen molar-refractivity contribution in [1.82, 2.24) is 4.98 Å². The first kappa shape index (κ1) is 30.1. The van der Waals surface area contributed by atoms with Crippen LogP contribution >= 0.6 is 0 Å². The SMILES string of the molecule is CC1(C)c2ccccc2-c2nc(-c3ccccc3)cc(-c3ccc4c5c(cccc35)-c3c-4c(-c4ccccc4)c4ccccc4c3-c3ccccc3)c21. The van der Waals surface area contributed by atoms with E-state index in [1.807, 2.05) is 0 Å². The van der Waals surface area contributed by atoms with Crippen LogP contribution in [0.1, 0.15) is 25.0 Å². The van der Waals surface area contributed by atoms with Crippen molar-refractivity contribution in [1.29, 1.82) is 0 Å². The van der Waals surface area contributed by atoms with Crippen molar-refractivity contribution in [3.05, 3.63) is 187 Å². The summed E-state index contributed by atoms with van der Waals surface area (Å²) in [5.74, 6) is 0. The second-order valence-corrected chi connectivity index (χ2v) is 15.0. The molecule has 2 aliphatic carbocycles. The van der Waals surface area contributed by atoms with Crippen LogP contribution in [0.5, 0.6) is 0 Å². The standard InChI is InChI=1S/C52H35N/c1-52(2)43-28-15-14-25-39(43)51-50(52)42(31-44(53-51)32-17-6-3-7-18-32)35-29-30-41-47-36(35)26-16-27-40(47)48-45(33-19-8-4-9-20-33)37-23-12-13-24-38(37)46(49(41)48)34-21-10-5-11-22-34/h3-31H,1-2H3. The summed E-state index contributed by atoms with van der Waals surface area (Å²) < 4.78 is 0. The number of hydrogen-bond acceptors (Lipinski definition) is 1. The van der Waals surface area contributed by atoms with E-state index in [0.717, 1.165) is 17.0 Å². The third kappa shape index (κ3) is 4.22. The number of fused-ring (bicyclic) bond motifs is 7. The maximum absolute atomic E-state index is 5.43. The minimum Gasteiger partial charge on any atom is -0.247 e. The van der Waals surface area contributed by atoms with Gasteiger partial charge in [-0.3, -0.25) is 0 Å². The lowest BCUT2D eigenvalue weighted by atomic mass is 9.78. The molecule has 0 radical (unpaired) electrons. The molecular formula is C52H35N. The van der Waals surface area contributed by atoms with Crippen LogP contribution in [-0.2, 0) is 5.41 Å². The van der Waals surface area contributed by atoms with Gasteiger partial charge in [0.15, 0.2) is 0 Å². The quantitative estimate of drug-likeness (QED) is 0.181. The van der Waals surface area contributed by atoms with Gasteiger partial charge in [0.05, 0.1) is 11.4 Å². The van der Waals surface area contributed by atoms with Gasteiger partial charge in [-0.25, -0.2) is 4.98 Å². The van der Waals surface area contributed by atoms with Crippen molar-refractivity contribution in [2.45, 2.75) is 19.3 Å². The molecule has 0 fully saturated rings. The second kappa shape index (κ2) is 11.2. The van der Waals surface area contributed by atoms with E-state index in [9.17, 15) is 0 Å². The minimum absolute atomic E-state index is 0.214. The third-order valence-corrected chi connectivity index (χ3v) is 11.8. The van der Waals surface area contributed by atoms with Gasteiger partial charge in [0.1, 0.15) is 0 Å². The molecule has 0 bridgehead atoms. The fourth-order valence-electron chi connectivity index (χ4n) is 9.56. The molecule has 248 valence electrons. The van der Waals surface area contributed by atoms with Gasteiger partial charge in [0.2, 0.25) is 0 Å². The average Bonchev–Trinajstić information content (AvgIpc) is 3.67. The van der Waals surface area contributed by atoms with Crippen molar-refractivity contribution in [3.63, 3.8) is 0 Å². The summed E-state index contributed by atoms with van der Waals surface area (Å²) in [6.07, 6.45) is 0. The van der Waals surface area contributed by atoms with Gasteiger partial charge in [0, 0.05) is 16.5 Å². The largest absolute Gasteiger partial charge is 0.247 e. The van der Waals surface area contributed by atoms with E-state index in [4.69, 9.17) is 4.98 Å². The topological polar surface area (TPSA) is 12.9 Å². The van der Waals surface area contributed by atoms with Gasteiger partial charge in [-0.2, -0.15) is 0 Å². The van der Waals surface area contributed by atoms with E-state index < -0.39 is 0 Å². The molecule has 0 saturated heterocycles. The molecule has 1 nitrogen and oxygen atoms in total. The fraction of sp³-hybridized carbons (Fsp3) is 0.0577. The maximum Gasteiger partial charge on any atom is 0.0759 e. The third-order valence-electron chi connectivity index (χ3n) is 11.8. The van der Waals surface area contributed by atoms with Gasteiger partial charge in [-0.1, -0.05) is 184 Å². The van der Waals surface area contributed by atoms with Gasteiger partial charge >= 0.3 is 0 Å². The molecule has 0 aliphatic heterocycles. The summed E-state index contributed by atoms with van der Waals surface area (Å²) in [6, 6.07) is 64.6. The van der Waals surface area contributed by atoms with E-state index in [1.54, 1.807) is 0 Å². The molecule has 11 rings (SSSR count). The Balaban J connectivity index is 1.27. The Hall–Kier alpha value is -6.57. The lowest BCUT2D eigenvalue weighted by Crippen LogP contribution is -2.16. The van der Waals surface area contributed by atoms with E-state index in [0.29, 0.717) is 0 Å². The average molecular weight is 674 g/mol. The number of hydrogen-bond donors (Lipinski definition) is 0. The summed E-state index contributed by atoms with van der Waals surface area (Å²) in [4.78, 5) is 5.43. The predicted molar refractivity (Wildman–Crippen MR) is 223 cm³/mol. The normalized spacial score (nSPS) is 13.2. The van der Waals surface area contributed by atoms with E-state index >= 15 is 0 Å². The van der Waals surface area contributed by atoms with Crippen molar-refractivity contribution < 1.29 is 0 Å². The molecule has 0 atom stereocenters. The molecule has 8 aromatic carbocycles. The zero-order chi connectivity index (χ0) is 35.3. The van der Waals surface area contributed by atoms with Crippen molar-refractivity contribution in [2.24, 2.45) is 0 Å².